The number of esters is 2. The summed E-state index contributed by atoms with van der Waals surface area (Å²) < 4.78 is 18.0. The van der Waals surface area contributed by atoms with Crippen molar-refractivity contribution in [2.75, 3.05) is 6.61 Å². The molecule has 1 aliphatic rings. The standard InChI is InChI=1S/C38H64O6/c1-26(2)14-11-15-27(3)16-12-17-28(4)18-13-22-38(10)23-21-32-31(7)35(29(5)30(6)36(32)44-38)42-33(40)19-20-34(41)43-37(8,9)24-25-39/h26-28,39H,11-25H2,1-10H3/t27-,28-,38-/m1/s1. The molecule has 2 rings (SSSR count). The lowest BCUT2D eigenvalue weighted by molar-refractivity contribution is -0.159. The van der Waals surface area contributed by atoms with Gasteiger partial charge in [-0.25, -0.2) is 0 Å². The second-order valence-electron chi connectivity index (χ2n) is 15.1. The Balaban J connectivity index is 1.88. The minimum atomic E-state index is -0.767. The summed E-state index contributed by atoms with van der Waals surface area (Å²) in [5.41, 5.74) is 3.02. The predicted octanol–water partition coefficient (Wildman–Crippen LogP) is 9.52. The molecule has 0 aromatic heterocycles. The van der Waals surface area contributed by atoms with Gasteiger partial charge in [0.15, 0.2) is 0 Å². The maximum absolute atomic E-state index is 12.7. The molecule has 1 aromatic carbocycles. The summed E-state index contributed by atoms with van der Waals surface area (Å²) in [6.07, 6.45) is 13.6. The summed E-state index contributed by atoms with van der Waals surface area (Å²) in [5, 5.41) is 9.14. The topological polar surface area (TPSA) is 82.1 Å². The van der Waals surface area contributed by atoms with Crippen LogP contribution in [0.4, 0.5) is 0 Å². The Morgan fingerprint density at radius 1 is 0.864 bits per heavy atom. The zero-order valence-electron chi connectivity index (χ0n) is 29.8. The van der Waals surface area contributed by atoms with Crippen LogP contribution >= 0.6 is 0 Å². The van der Waals surface area contributed by atoms with Gasteiger partial charge in [-0.05, 0) is 102 Å². The molecule has 6 heteroatoms. The van der Waals surface area contributed by atoms with E-state index in [0.29, 0.717) is 12.2 Å². The fourth-order valence-corrected chi connectivity index (χ4v) is 6.46. The Kier molecular flexibility index (Phi) is 15.2. The molecule has 1 aliphatic heterocycles. The highest BCUT2D eigenvalue weighted by molar-refractivity contribution is 5.80. The van der Waals surface area contributed by atoms with E-state index in [9.17, 15) is 9.59 Å². The van der Waals surface area contributed by atoms with Gasteiger partial charge in [-0.15, -0.1) is 0 Å². The van der Waals surface area contributed by atoms with Gasteiger partial charge in [-0.1, -0.05) is 72.6 Å². The first-order chi connectivity index (χ1) is 20.6. The molecule has 0 aliphatic carbocycles. The van der Waals surface area contributed by atoms with Crippen LogP contribution in [0.1, 0.15) is 154 Å². The molecular formula is C38H64O6. The minimum Gasteiger partial charge on any atom is -0.487 e. The van der Waals surface area contributed by atoms with Crippen molar-refractivity contribution in [3.05, 3.63) is 22.3 Å². The molecule has 0 saturated carbocycles. The zero-order chi connectivity index (χ0) is 33.1. The zero-order valence-corrected chi connectivity index (χ0v) is 29.8. The van der Waals surface area contributed by atoms with Crippen LogP contribution in [0, 0.1) is 38.5 Å². The molecule has 0 saturated heterocycles. The lowest BCUT2D eigenvalue weighted by atomic mass is 9.83. The van der Waals surface area contributed by atoms with E-state index in [0.717, 1.165) is 65.0 Å². The van der Waals surface area contributed by atoms with Crippen molar-refractivity contribution < 1.29 is 28.9 Å². The number of aliphatic hydroxyl groups is 1. The molecule has 3 atom stereocenters. The molecule has 0 spiro atoms. The molecule has 1 aromatic rings. The quantitative estimate of drug-likeness (QED) is 0.123. The Bertz CT molecular complexity index is 1070. The molecule has 1 N–H and O–H groups in total. The SMILES string of the molecule is Cc1c(C)c2c(c(C)c1OC(=O)CCC(=O)OC(C)(C)CCO)CC[C@@](C)(CCC[C@H](C)CCC[C@H](C)CCCC(C)C)O2. The molecule has 6 nitrogen and oxygen atoms in total. The molecule has 0 radical (unpaired) electrons. The summed E-state index contributed by atoms with van der Waals surface area (Å²) in [6, 6.07) is 0. The summed E-state index contributed by atoms with van der Waals surface area (Å²) in [7, 11) is 0. The predicted molar refractivity (Wildman–Crippen MR) is 179 cm³/mol. The molecule has 44 heavy (non-hydrogen) atoms. The lowest BCUT2D eigenvalue weighted by Crippen LogP contribution is -2.37. The van der Waals surface area contributed by atoms with Crippen LogP contribution in [0.5, 0.6) is 11.5 Å². The third-order valence-corrected chi connectivity index (χ3v) is 9.69. The maximum Gasteiger partial charge on any atom is 0.311 e. The number of ether oxygens (including phenoxy) is 3. The third-order valence-electron chi connectivity index (χ3n) is 9.69. The third kappa shape index (κ3) is 12.4. The number of fused-ring (bicyclic) bond motifs is 1. The van der Waals surface area contributed by atoms with Crippen molar-refractivity contribution in [1.29, 1.82) is 0 Å². The van der Waals surface area contributed by atoms with Gasteiger partial charge in [0.2, 0.25) is 0 Å². The summed E-state index contributed by atoms with van der Waals surface area (Å²) in [5.74, 6) is 3.00. The van der Waals surface area contributed by atoms with Crippen LogP contribution in [-0.2, 0) is 20.7 Å². The number of carbonyl (C=O) groups excluding carboxylic acids is 2. The van der Waals surface area contributed by atoms with E-state index in [1.165, 1.54) is 51.4 Å². The fourth-order valence-electron chi connectivity index (χ4n) is 6.46. The number of carbonyl (C=O) groups is 2. The highest BCUT2D eigenvalue weighted by Gasteiger charge is 2.35. The maximum atomic E-state index is 12.7. The Labute approximate surface area is 269 Å². The first-order valence-electron chi connectivity index (χ1n) is 17.4. The molecule has 0 amide bonds. The number of aliphatic hydroxyl groups excluding tert-OH is 1. The van der Waals surface area contributed by atoms with Crippen molar-refractivity contribution in [3.63, 3.8) is 0 Å². The van der Waals surface area contributed by atoms with Gasteiger partial charge in [-0.2, -0.15) is 0 Å². The van der Waals surface area contributed by atoms with Crippen molar-refractivity contribution in [1.82, 2.24) is 0 Å². The Morgan fingerprint density at radius 3 is 2.02 bits per heavy atom. The van der Waals surface area contributed by atoms with E-state index in [1.54, 1.807) is 13.8 Å². The number of benzene rings is 1. The second-order valence-corrected chi connectivity index (χ2v) is 15.1. The molecular weight excluding hydrogens is 552 g/mol. The highest BCUT2D eigenvalue weighted by Crippen LogP contribution is 2.45. The second kappa shape index (κ2) is 17.6. The summed E-state index contributed by atoms with van der Waals surface area (Å²) >= 11 is 0. The summed E-state index contributed by atoms with van der Waals surface area (Å²) in [6.45, 7) is 21.1. The van der Waals surface area contributed by atoms with E-state index in [-0.39, 0.29) is 25.0 Å². The van der Waals surface area contributed by atoms with Gasteiger partial charge < -0.3 is 19.3 Å². The molecule has 0 fully saturated rings. The Hall–Kier alpha value is -2.08. The molecule has 1 heterocycles. The average Bonchev–Trinajstić information content (AvgIpc) is 2.92. The normalized spacial score (nSPS) is 18.0. The van der Waals surface area contributed by atoms with Crippen molar-refractivity contribution in [3.8, 4) is 11.5 Å². The minimum absolute atomic E-state index is 0.0621. The van der Waals surface area contributed by atoms with E-state index >= 15 is 0 Å². The number of hydrogen-bond donors (Lipinski definition) is 1. The van der Waals surface area contributed by atoms with Crippen LogP contribution < -0.4 is 9.47 Å². The van der Waals surface area contributed by atoms with Crippen LogP contribution in [-0.4, -0.2) is 34.9 Å². The molecule has 0 unspecified atom stereocenters. The van der Waals surface area contributed by atoms with Gasteiger partial charge >= 0.3 is 11.9 Å². The first-order valence-corrected chi connectivity index (χ1v) is 17.4. The fraction of sp³-hybridized carbons (Fsp3) is 0.789. The van der Waals surface area contributed by atoms with Gasteiger partial charge in [0.25, 0.3) is 0 Å². The van der Waals surface area contributed by atoms with Crippen LogP contribution in [0.3, 0.4) is 0 Å². The van der Waals surface area contributed by atoms with Crippen LogP contribution in [0.25, 0.3) is 0 Å². The molecule has 252 valence electrons. The monoisotopic (exact) mass is 616 g/mol. The first kappa shape index (κ1) is 38.1. The Morgan fingerprint density at radius 2 is 1.43 bits per heavy atom. The van der Waals surface area contributed by atoms with Crippen molar-refractivity contribution >= 4 is 11.9 Å². The van der Waals surface area contributed by atoms with Gasteiger partial charge in [0.05, 0.1) is 12.8 Å². The van der Waals surface area contributed by atoms with E-state index < -0.39 is 17.5 Å². The lowest BCUT2D eigenvalue weighted by Gasteiger charge is -2.38. The van der Waals surface area contributed by atoms with Gasteiger partial charge in [-0.3, -0.25) is 9.59 Å². The average molecular weight is 617 g/mol. The van der Waals surface area contributed by atoms with E-state index in [2.05, 4.69) is 34.6 Å². The van der Waals surface area contributed by atoms with Crippen molar-refractivity contribution in [2.24, 2.45) is 17.8 Å². The number of rotatable bonds is 19. The van der Waals surface area contributed by atoms with E-state index in [1.807, 2.05) is 20.8 Å². The van der Waals surface area contributed by atoms with Gasteiger partial charge in [0, 0.05) is 18.6 Å². The van der Waals surface area contributed by atoms with E-state index in [4.69, 9.17) is 19.3 Å². The van der Waals surface area contributed by atoms with Gasteiger partial charge in [0.1, 0.15) is 22.7 Å². The number of hydrogen-bond acceptors (Lipinski definition) is 6. The largest absolute Gasteiger partial charge is 0.487 e. The summed E-state index contributed by atoms with van der Waals surface area (Å²) in [4.78, 5) is 25.0. The smallest absolute Gasteiger partial charge is 0.311 e. The molecule has 0 bridgehead atoms. The highest BCUT2D eigenvalue weighted by atomic mass is 16.6. The van der Waals surface area contributed by atoms with Crippen LogP contribution in [0.15, 0.2) is 0 Å². The van der Waals surface area contributed by atoms with Crippen molar-refractivity contribution in [2.45, 2.75) is 170 Å². The van der Waals surface area contributed by atoms with Crippen LogP contribution in [0.2, 0.25) is 0 Å².